The lowest BCUT2D eigenvalue weighted by atomic mass is 10.1. The Labute approximate surface area is 170 Å². The number of phosphoric ester groups is 1. The van der Waals surface area contributed by atoms with Crippen LogP contribution in [0.5, 0.6) is 0 Å². The summed E-state index contributed by atoms with van der Waals surface area (Å²) in [6, 6.07) is 0. The number of ether oxygens (including phenoxy) is 1. The molecule has 0 amide bonds. The molecule has 0 saturated carbocycles. The van der Waals surface area contributed by atoms with Gasteiger partial charge >= 0.3 is 23.5 Å². The third-order valence-corrected chi connectivity index (χ3v) is 7.60. The molecule has 0 aliphatic carbocycles. The molecule has 1 aliphatic heterocycles. The van der Waals surface area contributed by atoms with Crippen molar-refractivity contribution in [2.45, 2.75) is 24.5 Å². The van der Waals surface area contributed by atoms with E-state index in [0.717, 1.165) is 17.2 Å². The Morgan fingerprint density at radius 1 is 1.06 bits per heavy atom. The molecule has 18 nitrogen and oxygen atoms in total. The van der Waals surface area contributed by atoms with Crippen molar-refractivity contribution in [3.8, 4) is 0 Å². The van der Waals surface area contributed by atoms with Crippen LogP contribution in [0.25, 0.3) is 11.2 Å². The summed E-state index contributed by atoms with van der Waals surface area (Å²) in [5.41, 5.74) is -0.681. The maximum atomic E-state index is 11.8. The molecule has 0 aromatic carbocycles. The van der Waals surface area contributed by atoms with Crippen molar-refractivity contribution in [1.82, 2.24) is 19.5 Å². The predicted molar refractivity (Wildman–Crippen MR) is 93.9 cm³/mol. The van der Waals surface area contributed by atoms with Crippen LogP contribution >= 0.6 is 23.5 Å². The van der Waals surface area contributed by atoms with Crippen LogP contribution in [-0.4, -0.2) is 74.2 Å². The molecule has 21 heteroatoms. The van der Waals surface area contributed by atoms with Gasteiger partial charge in [0.1, 0.15) is 18.3 Å². The number of aromatic amines is 1. The van der Waals surface area contributed by atoms with E-state index < -0.39 is 60.2 Å². The first kappa shape index (κ1) is 24.3. The standard InChI is InChI=1S/C10H15N4O14P3/c15-6-4(1-25-30(21,22)28-31(23,24)27-29(18,19)20)26-10(7(6)16)14-3-13-5-8(14)11-2-12-9(5)17/h2-4,6-7,10,15-16H,1H2,(H,21,22)(H,23,24)(H,11,12,17)(H2,18,19,20)/t4-,6-,7-,10-/m0/s1. The molecule has 1 saturated heterocycles. The molecule has 2 unspecified atom stereocenters. The summed E-state index contributed by atoms with van der Waals surface area (Å²) >= 11 is 0. The number of aromatic nitrogens is 4. The van der Waals surface area contributed by atoms with Crippen LogP contribution in [0, 0.1) is 0 Å². The van der Waals surface area contributed by atoms with Gasteiger partial charge in [-0.3, -0.25) is 13.9 Å². The molecule has 3 heterocycles. The number of rotatable bonds is 8. The van der Waals surface area contributed by atoms with E-state index in [-0.39, 0.29) is 11.2 Å². The van der Waals surface area contributed by atoms with Gasteiger partial charge in [-0.1, -0.05) is 0 Å². The summed E-state index contributed by atoms with van der Waals surface area (Å²) in [4.78, 5) is 57.2. The fourth-order valence-corrected chi connectivity index (χ4v) is 5.65. The summed E-state index contributed by atoms with van der Waals surface area (Å²) in [7, 11) is -16.7. The van der Waals surface area contributed by atoms with Crippen LogP contribution in [0.3, 0.4) is 0 Å². The molecule has 0 radical (unpaired) electrons. The molecule has 0 spiro atoms. The maximum absolute atomic E-state index is 11.8. The zero-order chi connectivity index (χ0) is 23.2. The Morgan fingerprint density at radius 2 is 1.74 bits per heavy atom. The Bertz CT molecular complexity index is 1160. The summed E-state index contributed by atoms with van der Waals surface area (Å²) in [5.74, 6) is 0. The molecular formula is C10H15N4O14P3. The van der Waals surface area contributed by atoms with Crippen molar-refractivity contribution >= 4 is 34.6 Å². The van der Waals surface area contributed by atoms with Crippen molar-refractivity contribution in [2.24, 2.45) is 0 Å². The molecule has 0 bridgehead atoms. The lowest BCUT2D eigenvalue weighted by Crippen LogP contribution is -2.33. The number of nitrogens with zero attached hydrogens (tertiary/aromatic N) is 3. The van der Waals surface area contributed by atoms with E-state index in [2.05, 4.69) is 28.1 Å². The van der Waals surface area contributed by atoms with Gasteiger partial charge in [-0.05, 0) is 0 Å². The van der Waals surface area contributed by atoms with E-state index in [1.807, 2.05) is 0 Å². The molecule has 3 rings (SSSR count). The normalized spacial score (nSPS) is 28.5. The fourth-order valence-electron chi connectivity index (χ4n) is 2.62. The largest absolute Gasteiger partial charge is 0.490 e. The fraction of sp³-hybridized carbons (Fsp3) is 0.500. The molecule has 31 heavy (non-hydrogen) atoms. The number of imidazole rings is 1. The first-order chi connectivity index (χ1) is 14.2. The van der Waals surface area contributed by atoms with Crippen LogP contribution in [-0.2, 0) is 31.6 Å². The third-order valence-electron chi connectivity index (χ3n) is 3.79. The minimum Gasteiger partial charge on any atom is -0.387 e. The maximum Gasteiger partial charge on any atom is 0.490 e. The zero-order valence-corrected chi connectivity index (χ0v) is 17.5. The summed E-state index contributed by atoms with van der Waals surface area (Å²) in [5, 5.41) is 20.3. The Balaban J connectivity index is 1.70. The van der Waals surface area contributed by atoms with Crippen molar-refractivity contribution in [3.63, 3.8) is 0 Å². The van der Waals surface area contributed by atoms with E-state index in [0.29, 0.717) is 0 Å². The van der Waals surface area contributed by atoms with E-state index in [4.69, 9.17) is 19.4 Å². The lowest BCUT2D eigenvalue weighted by molar-refractivity contribution is -0.0503. The number of hydrogen-bond donors (Lipinski definition) is 7. The molecule has 7 N–H and O–H groups in total. The molecule has 2 aromatic rings. The predicted octanol–water partition coefficient (Wildman–Crippen LogP) is -1.92. The topological polar surface area (TPSA) is 273 Å². The summed E-state index contributed by atoms with van der Waals surface area (Å²) < 4.78 is 51.6. The van der Waals surface area contributed by atoms with Crippen molar-refractivity contribution in [2.75, 3.05) is 6.61 Å². The minimum absolute atomic E-state index is 0.00599. The number of aliphatic hydroxyl groups excluding tert-OH is 2. The second kappa shape index (κ2) is 8.53. The number of fused-ring (bicyclic) bond motifs is 1. The number of nitrogens with one attached hydrogen (secondary N) is 1. The van der Waals surface area contributed by atoms with Crippen LogP contribution in [0.15, 0.2) is 17.4 Å². The molecule has 2 aromatic heterocycles. The van der Waals surface area contributed by atoms with Gasteiger partial charge in [0.2, 0.25) is 0 Å². The van der Waals surface area contributed by atoms with Crippen molar-refractivity contribution < 1.29 is 61.4 Å². The Kier molecular flexibility index (Phi) is 6.68. The van der Waals surface area contributed by atoms with Crippen molar-refractivity contribution in [1.29, 1.82) is 0 Å². The van der Waals surface area contributed by atoms with E-state index in [1.165, 1.54) is 0 Å². The summed E-state index contributed by atoms with van der Waals surface area (Å²) in [6.07, 6.45) is -4.05. The van der Waals surface area contributed by atoms with Gasteiger partial charge in [-0.2, -0.15) is 8.62 Å². The lowest BCUT2D eigenvalue weighted by Gasteiger charge is -2.19. The van der Waals surface area contributed by atoms with Gasteiger partial charge in [0.05, 0.1) is 19.3 Å². The first-order valence-electron chi connectivity index (χ1n) is 7.89. The highest BCUT2D eigenvalue weighted by Gasteiger charge is 2.47. The number of hydrogen-bond acceptors (Lipinski definition) is 12. The highest BCUT2D eigenvalue weighted by atomic mass is 31.3. The number of aliphatic hydroxyl groups is 2. The average molecular weight is 508 g/mol. The molecular weight excluding hydrogens is 493 g/mol. The highest BCUT2D eigenvalue weighted by Crippen LogP contribution is 2.66. The number of phosphoric acid groups is 3. The molecule has 174 valence electrons. The van der Waals surface area contributed by atoms with Crippen molar-refractivity contribution in [3.05, 3.63) is 23.0 Å². The Morgan fingerprint density at radius 3 is 2.39 bits per heavy atom. The minimum atomic E-state index is -5.72. The average Bonchev–Trinajstić information content (AvgIpc) is 3.13. The monoisotopic (exact) mass is 508 g/mol. The van der Waals surface area contributed by atoms with Gasteiger partial charge in [0.15, 0.2) is 17.4 Å². The van der Waals surface area contributed by atoms with Crippen LogP contribution in [0.2, 0.25) is 0 Å². The van der Waals surface area contributed by atoms with Gasteiger partial charge in [-0.25, -0.2) is 23.7 Å². The van der Waals surface area contributed by atoms with Gasteiger partial charge < -0.3 is 39.5 Å². The van der Waals surface area contributed by atoms with Gasteiger partial charge in [0, 0.05) is 0 Å². The first-order valence-corrected chi connectivity index (χ1v) is 12.4. The van der Waals surface area contributed by atoms with Crippen LogP contribution in [0.1, 0.15) is 6.23 Å². The zero-order valence-electron chi connectivity index (χ0n) is 14.8. The molecule has 6 atom stereocenters. The quantitative estimate of drug-likeness (QED) is 0.191. The number of H-pyrrole nitrogens is 1. The van der Waals surface area contributed by atoms with E-state index in [9.17, 15) is 33.6 Å². The smallest absolute Gasteiger partial charge is 0.387 e. The Hall–Kier alpha value is -1.36. The summed E-state index contributed by atoms with van der Waals surface area (Å²) in [6.45, 7) is -0.987. The van der Waals surface area contributed by atoms with Gasteiger partial charge in [0.25, 0.3) is 5.56 Å². The third kappa shape index (κ3) is 5.71. The second-order valence-corrected chi connectivity index (χ2v) is 10.4. The van der Waals surface area contributed by atoms with Crippen LogP contribution in [0.4, 0.5) is 0 Å². The molecule has 1 aliphatic rings. The van der Waals surface area contributed by atoms with E-state index >= 15 is 0 Å². The van der Waals surface area contributed by atoms with Gasteiger partial charge in [-0.15, -0.1) is 0 Å². The van der Waals surface area contributed by atoms with Crippen LogP contribution < -0.4 is 5.56 Å². The highest BCUT2D eigenvalue weighted by molar-refractivity contribution is 7.66. The van der Waals surface area contributed by atoms with E-state index in [1.54, 1.807) is 0 Å². The molecule has 1 fully saturated rings. The second-order valence-electron chi connectivity index (χ2n) is 5.99. The SMILES string of the molecule is O=c1[nH]cnc2c1ncn2[C@H]1O[C@@H](COP(=O)(O)OP(=O)(O)OP(=O)(O)O)[C@H](O)[C@@H]1O.